The molecule has 0 saturated heterocycles. The third-order valence-electron chi connectivity index (χ3n) is 6.31. The van der Waals surface area contributed by atoms with Gasteiger partial charge in [0.05, 0.1) is 0 Å². The summed E-state index contributed by atoms with van der Waals surface area (Å²) in [7, 11) is 0. The van der Waals surface area contributed by atoms with Crippen molar-refractivity contribution in [2.45, 2.75) is 99.3 Å². The van der Waals surface area contributed by atoms with E-state index in [2.05, 4.69) is 53.7 Å². The Bertz CT molecular complexity index is 312. The second kappa shape index (κ2) is 9.78. The molecular formula is C22H42. The Morgan fingerprint density at radius 3 is 2.41 bits per heavy atom. The highest BCUT2D eigenvalue weighted by molar-refractivity contribution is 4.86. The summed E-state index contributed by atoms with van der Waals surface area (Å²) in [4.78, 5) is 0. The van der Waals surface area contributed by atoms with Crippen molar-refractivity contribution >= 4 is 0 Å². The molecule has 0 heteroatoms. The first-order chi connectivity index (χ1) is 10.4. The van der Waals surface area contributed by atoms with Crippen LogP contribution >= 0.6 is 0 Å². The first kappa shape index (κ1) is 19.8. The van der Waals surface area contributed by atoms with Crippen molar-refractivity contribution in [1.82, 2.24) is 0 Å². The van der Waals surface area contributed by atoms with Crippen LogP contribution in [0.5, 0.6) is 0 Å². The van der Waals surface area contributed by atoms with Crippen molar-refractivity contribution in [3.8, 4) is 0 Å². The van der Waals surface area contributed by atoms with Crippen LogP contribution in [0.2, 0.25) is 0 Å². The fourth-order valence-corrected chi connectivity index (χ4v) is 4.62. The van der Waals surface area contributed by atoms with E-state index in [9.17, 15) is 0 Å². The van der Waals surface area contributed by atoms with Gasteiger partial charge in [-0.2, -0.15) is 0 Å². The van der Waals surface area contributed by atoms with Gasteiger partial charge in [-0.05, 0) is 55.3 Å². The van der Waals surface area contributed by atoms with E-state index in [1.165, 1.54) is 57.8 Å². The molecule has 0 heterocycles. The van der Waals surface area contributed by atoms with Gasteiger partial charge in [0.1, 0.15) is 0 Å². The Hall–Kier alpha value is -0.260. The summed E-state index contributed by atoms with van der Waals surface area (Å²) in [6.45, 7) is 14.5. The van der Waals surface area contributed by atoms with Gasteiger partial charge in [0.25, 0.3) is 0 Å². The van der Waals surface area contributed by atoms with E-state index in [0.717, 1.165) is 23.7 Å². The third kappa shape index (κ3) is 6.88. The SMILES string of the molecule is CC=CCC(C)CCCC(C)CCC1C(C)CCCC1(C)C. The highest BCUT2D eigenvalue weighted by atomic mass is 14.4. The largest absolute Gasteiger partial charge is 0.0917 e. The van der Waals surface area contributed by atoms with E-state index < -0.39 is 0 Å². The summed E-state index contributed by atoms with van der Waals surface area (Å²) in [5.41, 5.74) is 0.582. The molecule has 22 heavy (non-hydrogen) atoms. The van der Waals surface area contributed by atoms with E-state index in [-0.39, 0.29) is 0 Å². The Balaban J connectivity index is 2.23. The van der Waals surface area contributed by atoms with Gasteiger partial charge in [0.2, 0.25) is 0 Å². The first-order valence-corrected chi connectivity index (χ1v) is 9.98. The molecule has 1 aliphatic carbocycles. The second-order valence-corrected chi connectivity index (χ2v) is 8.99. The summed E-state index contributed by atoms with van der Waals surface area (Å²) >= 11 is 0. The van der Waals surface area contributed by atoms with Crippen molar-refractivity contribution in [3.63, 3.8) is 0 Å². The van der Waals surface area contributed by atoms with Gasteiger partial charge in [-0.15, -0.1) is 0 Å². The predicted molar refractivity (Wildman–Crippen MR) is 101 cm³/mol. The lowest BCUT2D eigenvalue weighted by Crippen LogP contribution is -2.33. The Morgan fingerprint density at radius 1 is 1.09 bits per heavy atom. The Labute approximate surface area is 141 Å². The van der Waals surface area contributed by atoms with Crippen molar-refractivity contribution in [1.29, 1.82) is 0 Å². The summed E-state index contributed by atoms with van der Waals surface area (Å²) in [5, 5.41) is 0. The number of allylic oxidation sites excluding steroid dienone is 2. The zero-order chi connectivity index (χ0) is 16.6. The summed E-state index contributed by atoms with van der Waals surface area (Å²) in [6.07, 6.45) is 17.3. The summed E-state index contributed by atoms with van der Waals surface area (Å²) < 4.78 is 0. The molecule has 1 aliphatic rings. The van der Waals surface area contributed by atoms with E-state index >= 15 is 0 Å². The van der Waals surface area contributed by atoms with E-state index in [0.29, 0.717) is 5.41 Å². The third-order valence-corrected chi connectivity index (χ3v) is 6.31. The van der Waals surface area contributed by atoms with Gasteiger partial charge < -0.3 is 0 Å². The van der Waals surface area contributed by atoms with Gasteiger partial charge >= 0.3 is 0 Å². The minimum Gasteiger partial charge on any atom is -0.0917 e. The molecule has 4 atom stereocenters. The molecule has 4 unspecified atom stereocenters. The van der Waals surface area contributed by atoms with E-state index in [4.69, 9.17) is 0 Å². The minimum atomic E-state index is 0.582. The smallest absolute Gasteiger partial charge is 0.0323 e. The van der Waals surface area contributed by atoms with Gasteiger partial charge in [-0.25, -0.2) is 0 Å². The van der Waals surface area contributed by atoms with Crippen molar-refractivity contribution < 1.29 is 0 Å². The fourth-order valence-electron chi connectivity index (χ4n) is 4.62. The van der Waals surface area contributed by atoms with Crippen LogP contribution in [0.3, 0.4) is 0 Å². The molecular weight excluding hydrogens is 264 g/mol. The molecule has 0 aromatic heterocycles. The quantitative estimate of drug-likeness (QED) is 0.384. The number of hydrogen-bond donors (Lipinski definition) is 0. The van der Waals surface area contributed by atoms with Crippen molar-refractivity contribution in [3.05, 3.63) is 12.2 Å². The molecule has 0 spiro atoms. The Kier molecular flexibility index (Phi) is 8.80. The van der Waals surface area contributed by atoms with Crippen LogP contribution in [-0.2, 0) is 0 Å². The zero-order valence-electron chi connectivity index (χ0n) is 16.3. The van der Waals surface area contributed by atoms with Crippen LogP contribution in [0.25, 0.3) is 0 Å². The van der Waals surface area contributed by atoms with E-state index in [1.807, 2.05) is 0 Å². The standard InChI is InChI=1S/C22H42/c1-7-8-11-18(2)12-9-13-19(3)15-16-21-20(4)14-10-17-22(21,5)6/h7-8,18-21H,9-17H2,1-6H3. The lowest BCUT2D eigenvalue weighted by molar-refractivity contribution is 0.0706. The highest BCUT2D eigenvalue weighted by Crippen LogP contribution is 2.46. The average molecular weight is 307 g/mol. The van der Waals surface area contributed by atoms with Crippen LogP contribution in [-0.4, -0.2) is 0 Å². The van der Waals surface area contributed by atoms with Gasteiger partial charge in [-0.1, -0.05) is 85.3 Å². The van der Waals surface area contributed by atoms with Crippen LogP contribution in [0, 0.1) is 29.1 Å². The average Bonchev–Trinajstić information content (AvgIpc) is 2.43. The molecule has 1 rings (SSSR count). The lowest BCUT2D eigenvalue weighted by Gasteiger charge is -2.43. The fraction of sp³-hybridized carbons (Fsp3) is 0.909. The second-order valence-electron chi connectivity index (χ2n) is 8.99. The van der Waals surface area contributed by atoms with Crippen LogP contribution in [0.4, 0.5) is 0 Å². The molecule has 130 valence electrons. The molecule has 0 aromatic carbocycles. The van der Waals surface area contributed by atoms with Crippen LogP contribution < -0.4 is 0 Å². The maximum Gasteiger partial charge on any atom is -0.0323 e. The topological polar surface area (TPSA) is 0 Å². The molecule has 0 nitrogen and oxygen atoms in total. The monoisotopic (exact) mass is 306 g/mol. The first-order valence-electron chi connectivity index (χ1n) is 9.98. The molecule has 1 saturated carbocycles. The summed E-state index contributed by atoms with van der Waals surface area (Å²) in [5.74, 6) is 3.67. The summed E-state index contributed by atoms with van der Waals surface area (Å²) in [6, 6.07) is 0. The Morgan fingerprint density at radius 2 is 1.77 bits per heavy atom. The van der Waals surface area contributed by atoms with Gasteiger partial charge in [-0.3, -0.25) is 0 Å². The van der Waals surface area contributed by atoms with Crippen LogP contribution in [0.15, 0.2) is 12.2 Å². The molecule has 0 radical (unpaired) electrons. The number of hydrogen-bond acceptors (Lipinski definition) is 0. The minimum absolute atomic E-state index is 0.582. The molecule has 1 fully saturated rings. The predicted octanol–water partition coefficient (Wildman–Crippen LogP) is 7.64. The highest BCUT2D eigenvalue weighted by Gasteiger charge is 2.36. The molecule has 0 aliphatic heterocycles. The molecule has 0 N–H and O–H groups in total. The van der Waals surface area contributed by atoms with Crippen LogP contribution in [0.1, 0.15) is 99.3 Å². The van der Waals surface area contributed by atoms with Gasteiger partial charge in [0.15, 0.2) is 0 Å². The number of rotatable bonds is 9. The maximum absolute atomic E-state index is 2.51. The van der Waals surface area contributed by atoms with Crippen molar-refractivity contribution in [2.24, 2.45) is 29.1 Å². The molecule has 0 bridgehead atoms. The zero-order valence-corrected chi connectivity index (χ0v) is 16.3. The lowest BCUT2D eigenvalue weighted by atomic mass is 9.62. The van der Waals surface area contributed by atoms with Crippen molar-refractivity contribution in [2.75, 3.05) is 0 Å². The molecule has 0 aromatic rings. The maximum atomic E-state index is 2.51. The normalized spacial score (nSPS) is 27.9. The molecule has 0 amide bonds. The van der Waals surface area contributed by atoms with E-state index in [1.54, 1.807) is 0 Å². The van der Waals surface area contributed by atoms with Gasteiger partial charge in [0, 0.05) is 0 Å².